The molecule has 2 atom stereocenters. The van der Waals surface area contributed by atoms with E-state index in [-0.39, 0.29) is 23.9 Å². The molecule has 2 fully saturated rings. The average Bonchev–Trinajstić information content (AvgIpc) is 3.86. The highest BCUT2D eigenvalue weighted by Gasteiger charge is 2.23. The maximum atomic E-state index is 11.6. The summed E-state index contributed by atoms with van der Waals surface area (Å²) in [6.45, 7) is 2.35. The second-order valence-electron chi connectivity index (χ2n) is 12.7. The standard InChI is InChI=1S/C37H38Cl2N8O4/c1-50-36-21(15-40-17-23-10-13-31(48)43-23)9-12-30(45-36)28-8-4-7-27(34(28)39)26-6-3-5-25(33(26)38)22-16-42-35-29(37(51-2)46-47(35)20-22)19-41-18-24-11-14-32(49)44-24/h3-9,12,16,20,23-24,40-41H,10-11,13-15,17-19H2,1-2H3,(H,43,48)(H,44,49)/t23-,24+/m0/s1. The van der Waals surface area contributed by atoms with Gasteiger partial charge in [-0.1, -0.05) is 65.7 Å². The molecule has 4 N–H and O–H groups in total. The number of ether oxygens (including phenoxy) is 2. The first-order valence-corrected chi connectivity index (χ1v) is 17.6. The van der Waals surface area contributed by atoms with Crippen LogP contribution in [0.25, 0.3) is 39.2 Å². The Balaban J connectivity index is 1.12. The van der Waals surface area contributed by atoms with Crippen molar-refractivity contribution < 1.29 is 19.1 Å². The van der Waals surface area contributed by atoms with Crippen LogP contribution in [0, 0.1) is 0 Å². The molecule has 3 aromatic heterocycles. The molecule has 2 aliphatic heterocycles. The molecule has 14 heteroatoms. The van der Waals surface area contributed by atoms with Crippen LogP contribution >= 0.6 is 23.2 Å². The van der Waals surface area contributed by atoms with Gasteiger partial charge in [0.1, 0.15) is 0 Å². The molecule has 12 nitrogen and oxygen atoms in total. The number of amides is 2. The van der Waals surface area contributed by atoms with E-state index in [4.69, 9.17) is 42.6 Å². The van der Waals surface area contributed by atoms with Gasteiger partial charge in [0.25, 0.3) is 0 Å². The van der Waals surface area contributed by atoms with Crippen LogP contribution in [0.3, 0.4) is 0 Å². The van der Waals surface area contributed by atoms with Crippen molar-refractivity contribution in [3.63, 3.8) is 0 Å². The lowest BCUT2D eigenvalue weighted by molar-refractivity contribution is -0.120. The largest absolute Gasteiger partial charge is 0.481 e. The molecule has 2 aliphatic rings. The Kier molecular flexibility index (Phi) is 10.4. The Morgan fingerprint density at radius 1 is 0.804 bits per heavy atom. The van der Waals surface area contributed by atoms with Gasteiger partial charge in [0.15, 0.2) is 5.65 Å². The third kappa shape index (κ3) is 7.36. The molecule has 0 spiro atoms. The van der Waals surface area contributed by atoms with Gasteiger partial charge < -0.3 is 30.7 Å². The normalized spacial score (nSPS) is 17.2. The zero-order valence-electron chi connectivity index (χ0n) is 28.3. The number of carbonyl (C=O) groups excluding carboxylic acids is 2. The zero-order valence-corrected chi connectivity index (χ0v) is 29.8. The molecule has 264 valence electrons. The highest BCUT2D eigenvalue weighted by atomic mass is 35.5. The molecule has 0 aliphatic carbocycles. The van der Waals surface area contributed by atoms with E-state index < -0.39 is 0 Å². The first kappa shape index (κ1) is 34.7. The van der Waals surface area contributed by atoms with E-state index >= 15 is 0 Å². The van der Waals surface area contributed by atoms with Gasteiger partial charge in [-0.15, -0.1) is 5.10 Å². The lowest BCUT2D eigenvalue weighted by Gasteiger charge is -2.15. The molecule has 2 saturated heterocycles. The van der Waals surface area contributed by atoms with Crippen LogP contribution in [-0.4, -0.2) is 70.8 Å². The number of methoxy groups -OCH3 is 2. The average molecular weight is 730 g/mol. The van der Waals surface area contributed by atoms with Crippen molar-refractivity contribution in [1.29, 1.82) is 0 Å². The van der Waals surface area contributed by atoms with Crippen molar-refractivity contribution in [3.05, 3.63) is 82.1 Å². The summed E-state index contributed by atoms with van der Waals surface area (Å²) in [5, 5.41) is 18.4. The van der Waals surface area contributed by atoms with Crippen molar-refractivity contribution in [2.24, 2.45) is 0 Å². The number of fused-ring (bicyclic) bond motifs is 1. The van der Waals surface area contributed by atoms with E-state index in [0.29, 0.717) is 72.2 Å². The van der Waals surface area contributed by atoms with Crippen molar-refractivity contribution >= 4 is 40.7 Å². The van der Waals surface area contributed by atoms with Crippen LogP contribution < -0.4 is 30.7 Å². The van der Waals surface area contributed by atoms with E-state index in [1.807, 2.05) is 54.7 Å². The number of aromatic nitrogens is 4. The minimum Gasteiger partial charge on any atom is -0.481 e. The van der Waals surface area contributed by atoms with Crippen molar-refractivity contribution in [3.8, 4) is 45.3 Å². The van der Waals surface area contributed by atoms with Gasteiger partial charge in [-0.3, -0.25) is 9.59 Å². The summed E-state index contributed by atoms with van der Waals surface area (Å²) < 4.78 is 12.9. The fourth-order valence-corrected chi connectivity index (χ4v) is 7.33. The van der Waals surface area contributed by atoms with Gasteiger partial charge in [0.05, 0.1) is 35.5 Å². The number of carbonyl (C=O) groups is 2. The molecule has 7 rings (SSSR count). The molecule has 0 unspecified atom stereocenters. The van der Waals surface area contributed by atoms with Crippen LogP contribution in [0.2, 0.25) is 10.0 Å². The summed E-state index contributed by atoms with van der Waals surface area (Å²) in [7, 11) is 3.18. The minimum absolute atomic E-state index is 0.0864. The van der Waals surface area contributed by atoms with Crippen molar-refractivity contribution in [2.45, 2.75) is 50.9 Å². The topological polar surface area (TPSA) is 144 Å². The molecule has 0 saturated carbocycles. The third-order valence-electron chi connectivity index (χ3n) is 9.30. The summed E-state index contributed by atoms with van der Waals surface area (Å²) in [4.78, 5) is 32.6. The van der Waals surface area contributed by atoms with Crippen LogP contribution in [0.5, 0.6) is 11.8 Å². The monoisotopic (exact) mass is 728 g/mol. The van der Waals surface area contributed by atoms with E-state index in [0.717, 1.165) is 51.8 Å². The first-order chi connectivity index (χ1) is 24.8. The Hall–Kier alpha value is -4.75. The van der Waals surface area contributed by atoms with Gasteiger partial charge in [-0.2, -0.15) is 0 Å². The molecule has 51 heavy (non-hydrogen) atoms. The number of benzene rings is 2. The molecular formula is C37H38Cl2N8O4. The van der Waals surface area contributed by atoms with Gasteiger partial charge in [-0.05, 0) is 18.9 Å². The minimum atomic E-state index is 0.0864. The fourth-order valence-electron chi connectivity index (χ4n) is 6.66. The summed E-state index contributed by atoms with van der Waals surface area (Å²) in [5.41, 5.74) is 6.84. The van der Waals surface area contributed by atoms with Crippen molar-refractivity contribution in [1.82, 2.24) is 40.8 Å². The number of nitrogens with one attached hydrogen (secondary N) is 4. The Labute approximate surface area is 305 Å². The SMILES string of the molecule is COc1nc(-c2cccc(-c3cccc(-c4cnc5c(CNC[C@H]6CCC(=O)N6)c(OC)nn5c4)c3Cl)c2Cl)ccc1CNC[C@@H]1CCC(=O)N1. The molecule has 0 radical (unpaired) electrons. The Bertz CT molecular complexity index is 2110. The van der Waals surface area contributed by atoms with Gasteiger partial charge in [0, 0.05) is 96.9 Å². The molecule has 2 amide bonds. The maximum absolute atomic E-state index is 11.6. The van der Waals surface area contributed by atoms with E-state index in [1.165, 1.54) is 0 Å². The Morgan fingerprint density at radius 2 is 1.41 bits per heavy atom. The van der Waals surface area contributed by atoms with E-state index in [9.17, 15) is 9.59 Å². The summed E-state index contributed by atoms with van der Waals surface area (Å²) in [5.74, 6) is 1.15. The van der Waals surface area contributed by atoms with E-state index in [2.05, 4.69) is 26.4 Å². The second-order valence-corrected chi connectivity index (χ2v) is 13.4. The number of hydrogen-bond donors (Lipinski definition) is 4. The van der Waals surface area contributed by atoms with Gasteiger partial charge in [0.2, 0.25) is 23.6 Å². The Morgan fingerprint density at radius 3 is 2.04 bits per heavy atom. The van der Waals surface area contributed by atoms with Crippen LogP contribution in [0.1, 0.15) is 36.8 Å². The molecular weight excluding hydrogens is 691 g/mol. The van der Waals surface area contributed by atoms with E-state index in [1.54, 1.807) is 24.9 Å². The summed E-state index contributed by atoms with van der Waals surface area (Å²) in [6, 6.07) is 15.7. The predicted octanol–water partition coefficient (Wildman–Crippen LogP) is 5.19. The highest BCUT2D eigenvalue weighted by Crippen LogP contribution is 2.42. The zero-order chi connectivity index (χ0) is 35.5. The smallest absolute Gasteiger partial charge is 0.239 e. The predicted molar refractivity (Wildman–Crippen MR) is 196 cm³/mol. The highest BCUT2D eigenvalue weighted by molar-refractivity contribution is 6.39. The van der Waals surface area contributed by atoms with Crippen LogP contribution in [0.4, 0.5) is 0 Å². The molecule has 5 aromatic rings. The number of rotatable bonds is 13. The van der Waals surface area contributed by atoms with Gasteiger partial charge >= 0.3 is 0 Å². The fraction of sp³-hybridized carbons (Fsp3) is 0.324. The molecule has 0 bridgehead atoms. The second kappa shape index (κ2) is 15.2. The number of hydrogen-bond acceptors (Lipinski definition) is 9. The number of nitrogens with zero attached hydrogens (tertiary/aromatic N) is 4. The summed E-state index contributed by atoms with van der Waals surface area (Å²) in [6.07, 6.45) is 6.43. The lowest BCUT2D eigenvalue weighted by Crippen LogP contribution is -2.35. The van der Waals surface area contributed by atoms with Crippen LogP contribution in [-0.2, 0) is 22.7 Å². The number of halogens is 2. The lowest BCUT2D eigenvalue weighted by atomic mass is 9.97. The maximum Gasteiger partial charge on any atom is 0.239 e. The number of pyridine rings is 1. The van der Waals surface area contributed by atoms with Crippen LogP contribution in [0.15, 0.2) is 60.9 Å². The molecule has 2 aromatic carbocycles. The quantitative estimate of drug-likeness (QED) is 0.129. The van der Waals surface area contributed by atoms with Crippen molar-refractivity contribution in [2.75, 3.05) is 27.3 Å². The first-order valence-electron chi connectivity index (χ1n) is 16.9. The third-order valence-corrected chi connectivity index (χ3v) is 10.1. The summed E-state index contributed by atoms with van der Waals surface area (Å²) >= 11 is 14.2. The van der Waals surface area contributed by atoms with Gasteiger partial charge in [-0.25, -0.2) is 14.5 Å². The molecule has 5 heterocycles.